The van der Waals surface area contributed by atoms with Gasteiger partial charge in [0.25, 0.3) is 0 Å². The molecule has 1 aliphatic carbocycles. The molecule has 3 rings (SSSR count). The van der Waals surface area contributed by atoms with Crippen molar-refractivity contribution in [2.24, 2.45) is 0 Å². The Kier molecular flexibility index (Phi) is 7.61. The second kappa shape index (κ2) is 9.97. The maximum absolute atomic E-state index is 12.6. The van der Waals surface area contributed by atoms with Crippen molar-refractivity contribution in [3.05, 3.63) is 34.2 Å². The molecule has 0 unspecified atom stereocenters. The highest BCUT2D eigenvalue weighted by Crippen LogP contribution is 2.30. The van der Waals surface area contributed by atoms with Crippen LogP contribution in [-0.2, 0) is 16.4 Å². The molecule has 162 valence electrons. The number of rotatable bonds is 9. The molecule has 0 bridgehead atoms. The first-order valence-electron chi connectivity index (χ1n) is 10.0. The van der Waals surface area contributed by atoms with E-state index in [4.69, 9.17) is 0 Å². The number of nitrogens with zero attached hydrogens (tertiary/aromatic N) is 2. The van der Waals surface area contributed by atoms with Gasteiger partial charge in [-0.25, -0.2) is 13.1 Å². The zero-order valence-corrected chi connectivity index (χ0v) is 17.6. The number of sulfonamides is 1. The summed E-state index contributed by atoms with van der Waals surface area (Å²) in [5, 5.41) is 0. The van der Waals surface area contributed by atoms with E-state index in [-0.39, 0.29) is 5.75 Å². The Balaban J connectivity index is 1.47. The van der Waals surface area contributed by atoms with Gasteiger partial charge >= 0.3 is 6.61 Å². The highest BCUT2D eigenvalue weighted by Gasteiger charge is 2.22. The Morgan fingerprint density at radius 1 is 1.14 bits per heavy atom. The fraction of sp³-hybridized carbons (Fsp3) is 0.600. The van der Waals surface area contributed by atoms with Gasteiger partial charge in [-0.05, 0) is 68.6 Å². The maximum Gasteiger partial charge on any atom is 0.387 e. The number of halogens is 2. The SMILES string of the molecule is CN1CCN(CCCCNS(=O)(=O)C2=Cc3ccc(OC(F)F)cc3CC2)CC1. The van der Waals surface area contributed by atoms with E-state index < -0.39 is 16.6 Å². The van der Waals surface area contributed by atoms with E-state index in [1.54, 1.807) is 18.2 Å². The molecule has 1 N–H and O–H groups in total. The van der Waals surface area contributed by atoms with Crippen molar-refractivity contribution < 1.29 is 21.9 Å². The van der Waals surface area contributed by atoms with E-state index >= 15 is 0 Å². The first kappa shape index (κ1) is 22.1. The summed E-state index contributed by atoms with van der Waals surface area (Å²) in [6.07, 6.45) is 4.20. The molecule has 1 aromatic rings. The van der Waals surface area contributed by atoms with Crippen LogP contribution in [0.4, 0.5) is 8.78 Å². The smallest absolute Gasteiger partial charge is 0.387 e. The van der Waals surface area contributed by atoms with Crippen molar-refractivity contribution in [1.29, 1.82) is 0 Å². The molecular weight excluding hydrogens is 400 g/mol. The second-order valence-electron chi connectivity index (χ2n) is 7.60. The number of aryl methyl sites for hydroxylation is 1. The summed E-state index contributed by atoms with van der Waals surface area (Å²) in [6, 6.07) is 4.60. The van der Waals surface area contributed by atoms with Gasteiger partial charge in [-0.15, -0.1) is 0 Å². The molecule has 0 atom stereocenters. The minimum atomic E-state index is -3.53. The number of unbranched alkanes of at least 4 members (excludes halogenated alkanes) is 1. The second-order valence-corrected chi connectivity index (χ2v) is 9.42. The van der Waals surface area contributed by atoms with E-state index in [0.29, 0.717) is 24.3 Å². The lowest BCUT2D eigenvalue weighted by atomic mass is 9.97. The van der Waals surface area contributed by atoms with Crippen LogP contribution in [-0.4, -0.2) is 71.1 Å². The fourth-order valence-electron chi connectivity index (χ4n) is 3.66. The lowest BCUT2D eigenvalue weighted by Crippen LogP contribution is -2.44. The third-order valence-electron chi connectivity index (χ3n) is 5.43. The third kappa shape index (κ3) is 6.47. The van der Waals surface area contributed by atoms with Gasteiger partial charge in [-0.2, -0.15) is 8.78 Å². The van der Waals surface area contributed by atoms with Gasteiger partial charge in [0.1, 0.15) is 5.75 Å². The Bertz CT molecular complexity index is 822. The molecule has 1 heterocycles. The van der Waals surface area contributed by atoms with Crippen LogP contribution >= 0.6 is 0 Å². The number of fused-ring (bicyclic) bond motifs is 1. The molecule has 9 heteroatoms. The minimum absolute atomic E-state index is 0.0944. The third-order valence-corrected chi connectivity index (χ3v) is 7.03. The summed E-state index contributed by atoms with van der Waals surface area (Å²) in [5.74, 6) is 0.0944. The normalized spacial score (nSPS) is 18.6. The molecule has 0 radical (unpaired) electrons. The topological polar surface area (TPSA) is 61.9 Å². The number of allylic oxidation sites excluding steroid dienone is 1. The molecule has 1 fully saturated rings. The molecular formula is C20H29F2N3O3S. The summed E-state index contributed by atoms with van der Waals surface area (Å²) < 4.78 is 57.0. The maximum atomic E-state index is 12.6. The van der Waals surface area contributed by atoms with Crippen LogP contribution in [0.5, 0.6) is 5.75 Å². The van der Waals surface area contributed by atoms with Gasteiger partial charge in [0.05, 0.1) is 4.91 Å². The van der Waals surface area contributed by atoms with Crippen molar-refractivity contribution in [2.75, 3.05) is 46.3 Å². The number of likely N-dealkylation sites (N-methyl/N-ethyl adjacent to an activating group) is 1. The number of benzene rings is 1. The number of hydrogen-bond donors (Lipinski definition) is 1. The Labute approximate surface area is 171 Å². The fourth-order valence-corrected chi connectivity index (χ4v) is 4.91. The average molecular weight is 430 g/mol. The quantitative estimate of drug-likeness (QED) is 0.612. The van der Waals surface area contributed by atoms with Gasteiger partial charge in [0.2, 0.25) is 10.0 Å². The predicted molar refractivity (Wildman–Crippen MR) is 109 cm³/mol. The molecule has 0 spiro atoms. The van der Waals surface area contributed by atoms with Crippen LogP contribution in [0.25, 0.3) is 6.08 Å². The number of alkyl halides is 2. The zero-order valence-electron chi connectivity index (χ0n) is 16.7. The van der Waals surface area contributed by atoms with Crippen molar-refractivity contribution in [3.8, 4) is 5.75 Å². The van der Waals surface area contributed by atoms with Crippen LogP contribution in [0.15, 0.2) is 23.1 Å². The van der Waals surface area contributed by atoms with Crippen LogP contribution in [0, 0.1) is 0 Å². The minimum Gasteiger partial charge on any atom is -0.435 e. The number of ether oxygens (including phenoxy) is 1. The van der Waals surface area contributed by atoms with Crippen molar-refractivity contribution in [1.82, 2.24) is 14.5 Å². The highest BCUT2D eigenvalue weighted by atomic mass is 32.2. The van der Waals surface area contributed by atoms with Gasteiger partial charge < -0.3 is 14.5 Å². The number of piperazine rings is 1. The van der Waals surface area contributed by atoms with Crippen molar-refractivity contribution in [3.63, 3.8) is 0 Å². The molecule has 0 amide bonds. The Morgan fingerprint density at radius 3 is 2.62 bits per heavy atom. The highest BCUT2D eigenvalue weighted by molar-refractivity contribution is 7.93. The summed E-state index contributed by atoms with van der Waals surface area (Å²) in [6.45, 7) is 2.84. The first-order valence-corrected chi connectivity index (χ1v) is 11.5. The van der Waals surface area contributed by atoms with Gasteiger partial charge in [0, 0.05) is 32.7 Å². The molecule has 2 aliphatic rings. The van der Waals surface area contributed by atoms with E-state index in [2.05, 4.69) is 26.3 Å². The number of hydrogen-bond acceptors (Lipinski definition) is 5. The molecule has 0 saturated carbocycles. The van der Waals surface area contributed by atoms with E-state index in [9.17, 15) is 17.2 Å². The van der Waals surface area contributed by atoms with Crippen molar-refractivity contribution >= 4 is 16.1 Å². The van der Waals surface area contributed by atoms with Gasteiger partial charge in [-0.3, -0.25) is 0 Å². The van der Waals surface area contributed by atoms with E-state index in [0.717, 1.165) is 56.7 Å². The lowest BCUT2D eigenvalue weighted by molar-refractivity contribution is -0.0498. The molecule has 1 aliphatic heterocycles. The summed E-state index contributed by atoms with van der Waals surface area (Å²) in [5.41, 5.74) is 1.54. The van der Waals surface area contributed by atoms with Gasteiger partial charge in [-0.1, -0.05) is 6.07 Å². The van der Waals surface area contributed by atoms with Crippen LogP contribution in [0.3, 0.4) is 0 Å². The predicted octanol–water partition coefficient (Wildman–Crippen LogP) is 2.52. The largest absolute Gasteiger partial charge is 0.435 e. The zero-order chi connectivity index (χ0) is 20.9. The lowest BCUT2D eigenvalue weighted by Gasteiger charge is -2.32. The monoisotopic (exact) mass is 429 g/mol. The summed E-state index contributed by atoms with van der Waals surface area (Å²) in [7, 11) is -1.40. The van der Waals surface area contributed by atoms with Crippen LogP contribution in [0.2, 0.25) is 0 Å². The molecule has 1 saturated heterocycles. The Hall–Kier alpha value is -1.55. The standard InChI is InChI=1S/C20H29F2N3O3S/c1-24-10-12-25(13-11-24)9-3-2-8-23-29(26,27)19-7-5-16-14-18(28-20(21)22)6-4-17(16)15-19/h4,6,14-15,20,23H,2-3,5,7-13H2,1H3. The van der Waals surface area contributed by atoms with Crippen LogP contribution in [0.1, 0.15) is 30.4 Å². The molecule has 29 heavy (non-hydrogen) atoms. The van der Waals surface area contributed by atoms with Crippen molar-refractivity contribution in [2.45, 2.75) is 32.3 Å². The molecule has 0 aromatic heterocycles. The van der Waals surface area contributed by atoms with E-state index in [1.807, 2.05) is 0 Å². The molecule has 1 aromatic carbocycles. The van der Waals surface area contributed by atoms with Gasteiger partial charge in [0.15, 0.2) is 0 Å². The average Bonchev–Trinajstić information content (AvgIpc) is 2.68. The summed E-state index contributed by atoms with van der Waals surface area (Å²) in [4.78, 5) is 5.07. The summed E-state index contributed by atoms with van der Waals surface area (Å²) >= 11 is 0. The molecule has 6 nitrogen and oxygen atoms in total. The number of nitrogens with one attached hydrogen (secondary N) is 1. The first-order chi connectivity index (χ1) is 13.8. The van der Waals surface area contributed by atoms with Crippen LogP contribution < -0.4 is 9.46 Å². The van der Waals surface area contributed by atoms with E-state index in [1.165, 1.54) is 6.07 Å². The Morgan fingerprint density at radius 2 is 1.90 bits per heavy atom.